The van der Waals surface area contributed by atoms with Crippen molar-refractivity contribution in [3.63, 3.8) is 0 Å². The predicted octanol–water partition coefficient (Wildman–Crippen LogP) is 4.00. The molecule has 19 heavy (non-hydrogen) atoms. The zero-order valence-corrected chi connectivity index (χ0v) is 12.7. The van der Waals surface area contributed by atoms with Crippen LogP contribution in [0.5, 0.6) is 0 Å². The van der Waals surface area contributed by atoms with Gasteiger partial charge in [0.05, 0.1) is 12.4 Å². The van der Waals surface area contributed by atoms with Gasteiger partial charge >= 0.3 is 0 Å². The van der Waals surface area contributed by atoms with Crippen LogP contribution in [0, 0.1) is 0 Å². The van der Waals surface area contributed by atoms with E-state index in [1.165, 1.54) is 35.0 Å². The maximum absolute atomic E-state index is 4.32. The fraction of sp³-hybridized carbons (Fsp3) is 0.400. The minimum absolute atomic E-state index is 0.403. The van der Waals surface area contributed by atoms with E-state index < -0.39 is 0 Å². The van der Waals surface area contributed by atoms with Gasteiger partial charge in [-0.15, -0.1) is 0 Å². The Morgan fingerprint density at radius 3 is 3.05 bits per heavy atom. The molecule has 4 heteroatoms. The third-order valence-corrected chi connectivity index (χ3v) is 4.58. The molecular weight excluding hydrogens is 302 g/mol. The number of halogens is 1. The minimum Gasteiger partial charge on any atom is -0.388 e. The van der Waals surface area contributed by atoms with E-state index in [2.05, 4.69) is 49.0 Å². The first-order valence-corrected chi connectivity index (χ1v) is 7.57. The highest BCUT2D eigenvalue weighted by Crippen LogP contribution is 2.34. The summed E-state index contributed by atoms with van der Waals surface area (Å²) in [5.74, 6) is 0. The molecule has 0 radical (unpaired) electrons. The Morgan fingerprint density at radius 1 is 1.37 bits per heavy atom. The SMILES string of the molecule is CNc1ccc(C2CCCCc3cncn32)c(Br)c1. The number of nitrogens with one attached hydrogen (secondary N) is 1. The largest absolute Gasteiger partial charge is 0.388 e. The molecule has 1 aromatic carbocycles. The quantitative estimate of drug-likeness (QED) is 0.906. The molecule has 0 saturated carbocycles. The van der Waals surface area contributed by atoms with Crippen LogP contribution >= 0.6 is 15.9 Å². The normalized spacial score (nSPS) is 18.7. The van der Waals surface area contributed by atoms with Gasteiger partial charge in [-0.25, -0.2) is 4.98 Å². The number of nitrogens with zero attached hydrogens (tertiary/aromatic N) is 2. The molecule has 1 unspecified atom stereocenters. The van der Waals surface area contributed by atoms with Gasteiger partial charge in [-0.3, -0.25) is 0 Å². The summed E-state index contributed by atoms with van der Waals surface area (Å²) in [5, 5.41) is 3.18. The number of anilines is 1. The van der Waals surface area contributed by atoms with Crippen LogP contribution in [0.3, 0.4) is 0 Å². The highest BCUT2D eigenvalue weighted by molar-refractivity contribution is 9.10. The lowest BCUT2D eigenvalue weighted by atomic mass is 10.0. The van der Waals surface area contributed by atoms with Gasteiger partial charge in [-0.2, -0.15) is 0 Å². The number of rotatable bonds is 2. The van der Waals surface area contributed by atoms with Gasteiger partial charge in [0, 0.05) is 29.1 Å². The topological polar surface area (TPSA) is 29.9 Å². The molecule has 1 aliphatic rings. The van der Waals surface area contributed by atoms with E-state index in [1.807, 2.05) is 19.6 Å². The highest BCUT2D eigenvalue weighted by atomic mass is 79.9. The molecule has 3 rings (SSSR count). The van der Waals surface area contributed by atoms with E-state index in [0.29, 0.717) is 6.04 Å². The van der Waals surface area contributed by atoms with E-state index in [9.17, 15) is 0 Å². The molecule has 3 nitrogen and oxygen atoms in total. The Kier molecular flexibility index (Phi) is 3.60. The second-order valence-electron chi connectivity index (χ2n) is 5.04. The fourth-order valence-electron chi connectivity index (χ4n) is 2.85. The number of imidazole rings is 1. The van der Waals surface area contributed by atoms with Crippen LogP contribution in [0.1, 0.15) is 36.6 Å². The fourth-order valence-corrected chi connectivity index (χ4v) is 3.49. The molecule has 0 bridgehead atoms. The van der Waals surface area contributed by atoms with E-state index in [-0.39, 0.29) is 0 Å². The standard InChI is InChI=1S/C15H18BrN3/c1-17-11-6-7-13(14(16)8-11)15-5-3-2-4-12-9-18-10-19(12)15/h6-10,15,17H,2-5H2,1H3. The summed E-state index contributed by atoms with van der Waals surface area (Å²) in [6.45, 7) is 0. The Balaban J connectivity index is 2.02. The molecule has 0 fully saturated rings. The van der Waals surface area contributed by atoms with Crippen molar-refractivity contribution in [1.82, 2.24) is 9.55 Å². The minimum atomic E-state index is 0.403. The summed E-state index contributed by atoms with van der Waals surface area (Å²) in [4.78, 5) is 4.32. The molecule has 0 amide bonds. The zero-order chi connectivity index (χ0) is 13.2. The Labute approximate surface area is 122 Å². The van der Waals surface area contributed by atoms with Crippen molar-refractivity contribution in [1.29, 1.82) is 0 Å². The third-order valence-electron chi connectivity index (χ3n) is 3.89. The number of hydrogen-bond donors (Lipinski definition) is 1. The van der Waals surface area contributed by atoms with E-state index >= 15 is 0 Å². The number of hydrogen-bond acceptors (Lipinski definition) is 2. The Bertz CT molecular complexity index is 577. The van der Waals surface area contributed by atoms with Gasteiger partial charge in [0.25, 0.3) is 0 Å². The van der Waals surface area contributed by atoms with Crippen LogP contribution in [0.15, 0.2) is 35.2 Å². The first-order valence-electron chi connectivity index (χ1n) is 6.77. The summed E-state index contributed by atoms with van der Waals surface area (Å²) >= 11 is 3.72. The van der Waals surface area contributed by atoms with Crippen molar-refractivity contribution >= 4 is 21.6 Å². The van der Waals surface area contributed by atoms with Gasteiger partial charge in [-0.05, 0) is 37.0 Å². The summed E-state index contributed by atoms with van der Waals surface area (Å²) in [6.07, 6.45) is 8.84. The van der Waals surface area contributed by atoms with E-state index in [1.54, 1.807) is 0 Å². The van der Waals surface area contributed by atoms with Gasteiger partial charge < -0.3 is 9.88 Å². The summed E-state index contributed by atoms with van der Waals surface area (Å²) in [7, 11) is 1.95. The second-order valence-corrected chi connectivity index (χ2v) is 5.89. The molecule has 2 heterocycles. The van der Waals surface area contributed by atoms with Crippen LogP contribution in [-0.2, 0) is 6.42 Å². The van der Waals surface area contributed by atoms with E-state index in [0.717, 1.165) is 12.1 Å². The lowest BCUT2D eigenvalue weighted by molar-refractivity contribution is 0.534. The Hall–Kier alpha value is -1.29. The second kappa shape index (κ2) is 5.37. The molecule has 2 aromatic rings. The number of fused-ring (bicyclic) bond motifs is 1. The molecule has 0 aliphatic carbocycles. The van der Waals surface area contributed by atoms with Crippen molar-refractivity contribution in [2.45, 2.75) is 31.7 Å². The van der Waals surface area contributed by atoms with Crippen molar-refractivity contribution in [3.05, 3.63) is 46.5 Å². The number of benzene rings is 1. The smallest absolute Gasteiger partial charge is 0.0953 e. The average molecular weight is 320 g/mol. The van der Waals surface area contributed by atoms with Gasteiger partial charge in [-0.1, -0.05) is 28.4 Å². The predicted molar refractivity (Wildman–Crippen MR) is 81.6 cm³/mol. The van der Waals surface area contributed by atoms with Crippen LogP contribution in [0.4, 0.5) is 5.69 Å². The summed E-state index contributed by atoms with van der Waals surface area (Å²) in [5.41, 5.74) is 3.84. The number of aromatic nitrogens is 2. The summed E-state index contributed by atoms with van der Waals surface area (Å²) in [6, 6.07) is 6.91. The van der Waals surface area contributed by atoms with Crippen molar-refractivity contribution in [2.24, 2.45) is 0 Å². The maximum atomic E-state index is 4.32. The summed E-state index contributed by atoms with van der Waals surface area (Å²) < 4.78 is 3.51. The van der Waals surface area contributed by atoms with Crippen LogP contribution < -0.4 is 5.32 Å². The van der Waals surface area contributed by atoms with Crippen LogP contribution in [0.2, 0.25) is 0 Å². The lowest BCUT2D eigenvalue weighted by Crippen LogP contribution is -2.11. The molecule has 1 atom stereocenters. The Morgan fingerprint density at radius 2 is 2.26 bits per heavy atom. The molecule has 100 valence electrons. The molecule has 1 aliphatic heterocycles. The third kappa shape index (κ3) is 2.41. The van der Waals surface area contributed by atoms with Crippen LogP contribution in [-0.4, -0.2) is 16.6 Å². The first-order chi connectivity index (χ1) is 9.29. The zero-order valence-electron chi connectivity index (χ0n) is 11.1. The van der Waals surface area contributed by atoms with Crippen molar-refractivity contribution in [2.75, 3.05) is 12.4 Å². The molecule has 0 spiro atoms. The van der Waals surface area contributed by atoms with Gasteiger partial charge in [0.15, 0.2) is 0 Å². The highest BCUT2D eigenvalue weighted by Gasteiger charge is 2.21. The maximum Gasteiger partial charge on any atom is 0.0953 e. The molecular formula is C15H18BrN3. The van der Waals surface area contributed by atoms with Crippen molar-refractivity contribution in [3.8, 4) is 0 Å². The van der Waals surface area contributed by atoms with Gasteiger partial charge in [0.1, 0.15) is 0 Å². The number of aryl methyl sites for hydroxylation is 1. The first kappa shape index (κ1) is 12.7. The molecule has 1 N–H and O–H groups in total. The van der Waals surface area contributed by atoms with Crippen LogP contribution in [0.25, 0.3) is 0 Å². The molecule has 1 aromatic heterocycles. The van der Waals surface area contributed by atoms with Crippen molar-refractivity contribution < 1.29 is 0 Å². The van der Waals surface area contributed by atoms with Gasteiger partial charge in [0.2, 0.25) is 0 Å². The average Bonchev–Trinajstić information content (AvgIpc) is 2.80. The van der Waals surface area contributed by atoms with E-state index in [4.69, 9.17) is 0 Å². The molecule has 0 saturated heterocycles. The monoisotopic (exact) mass is 319 g/mol. The lowest BCUT2D eigenvalue weighted by Gasteiger charge is -2.20.